The maximum atomic E-state index is 12.2. The minimum atomic E-state index is -0.297. The van der Waals surface area contributed by atoms with E-state index in [9.17, 15) is 4.79 Å². The molecule has 1 aromatic carbocycles. The predicted molar refractivity (Wildman–Crippen MR) is 91.4 cm³/mol. The summed E-state index contributed by atoms with van der Waals surface area (Å²) >= 11 is 5.89. The number of hydrogen-bond acceptors (Lipinski definition) is 4. The van der Waals surface area contributed by atoms with Gasteiger partial charge in [0, 0.05) is 24.0 Å². The monoisotopic (exact) mass is 341 g/mol. The van der Waals surface area contributed by atoms with E-state index in [1.165, 1.54) is 0 Å². The van der Waals surface area contributed by atoms with Gasteiger partial charge in [-0.2, -0.15) is 0 Å². The Bertz CT molecular complexity index is 830. The molecule has 2 aromatic heterocycles. The average molecular weight is 342 g/mol. The van der Waals surface area contributed by atoms with Crippen LogP contribution < -0.4 is 5.32 Å². The molecule has 0 atom stereocenters. The van der Waals surface area contributed by atoms with Crippen LogP contribution in [0.15, 0.2) is 48.8 Å². The van der Waals surface area contributed by atoms with Crippen molar-refractivity contribution in [3.05, 3.63) is 71.0 Å². The maximum absolute atomic E-state index is 12.2. The lowest BCUT2D eigenvalue weighted by Crippen LogP contribution is -2.27. The van der Waals surface area contributed by atoms with Gasteiger partial charge in [0.15, 0.2) is 0 Å². The summed E-state index contributed by atoms with van der Waals surface area (Å²) in [4.78, 5) is 20.5. The summed E-state index contributed by atoms with van der Waals surface area (Å²) in [5.41, 5.74) is 1.87. The van der Waals surface area contributed by atoms with Crippen LogP contribution in [0.5, 0.6) is 0 Å². The Labute approximate surface area is 144 Å². The Morgan fingerprint density at radius 3 is 2.75 bits per heavy atom. The third-order valence-electron chi connectivity index (χ3n) is 3.47. The number of carbonyl (C=O) groups excluding carboxylic acids is 1. The molecule has 0 saturated heterocycles. The highest BCUT2D eigenvalue weighted by Gasteiger charge is 2.14. The Hall–Kier alpha value is -2.73. The molecule has 0 aliphatic rings. The first-order valence-corrected chi connectivity index (χ1v) is 7.88. The van der Waals surface area contributed by atoms with E-state index >= 15 is 0 Å². The number of hydrogen-bond donors (Lipinski definition) is 1. The van der Waals surface area contributed by atoms with Gasteiger partial charge in [-0.3, -0.25) is 9.78 Å². The molecular formula is C17H16ClN5O. The minimum absolute atomic E-state index is 0.147. The Kier molecular flexibility index (Phi) is 4.86. The third kappa shape index (κ3) is 3.78. The smallest absolute Gasteiger partial charge is 0.290 e. The summed E-state index contributed by atoms with van der Waals surface area (Å²) in [5.74, 6) is 0.484. The molecule has 0 bridgehead atoms. The van der Waals surface area contributed by atoms with Crippen LogP contribution in [0.25, 0.3) is 5.69 Å². The van der Waals surface area contributed by atoms with E-state index in [2.05, 4.69) is 20.4 Å². The first-order valence-electron chi connectivity index (χ1n) is 7.50. The lowest BCUT2D eigenvalue weighted by atomic mass is 10.2. The number of pyridine rings is 1. The van der Waals surface area contributed by atoms with Crippen molar-refractivity contribution in [3.8, 4) is 5.69 Å². The molecule has 1 N–H and O–H groups in total. The van der Waals surface area contributed by atoms with Gasteiger partial charge in [0.25, 0.3) is 5.91 Å². The Balaban J connectivity index is 1.65. The molecule has 6 nitrogen and oxygen atoms in total. The van der Waals surface area contributed by atoms with Crippen molar-refractivity contribution in [2.75, 3.05) is 6.54 Å². The van der Waals surface area contributed by atoms with E-state index in [4.69, 9.17) is 11.6 Å². The van der Waals surface area contributed by atoms with E-state index < -0.39 is 0 Å². The Morgan fingerprint density at radius 1 is 1.25 bits per heavy atom. The van der Waals surface area contributed by atoms with Crippen LogP contribution in [-0.4, -0.2) is 32.2 Å². The number of carbonyl (C=O) groups is 1. The quantitative estimate of drug-likeness (QED) is 0.774. The first kappa shape index (κ1) is 16.1. The SMILES string of the molecule is Cc1nc(C(=O)NCCc2cccnc2)nn1-c1ccc(Cl)cc1. The average Bonchev–Trinajstić information content (AvgIpc) is 2.98. The summed E-state index contributed by atoms with van der Waals surface area (Å²) in [7, 11) is 0. The molecule has 7 heteroatoms. The summed E-state index contributed by atoms with van der Waals surface area (Å²) < 4.78 is 1.62. The van der Waals surface area contributed by atoms with E-state index in [-0.39, 0.29) is 11.7 Å². The van der Waals surface area contributed by atoms with Crippen molar-refractivity contribution in [1.29, 1.82) is 0 Å². The maximum Gasteiger partial charge on any atom is 0.290 e. The largest absolute Gasteiger partial charge is 0.349 e. The zero-order chi connectivity index (χ0) is 16.9. The predicted octanol–water partition coefficient (Wildman–Crippen LogP) is 2.60. The second-order valence-corrected chi connectivity index (χ2v) is 5.67. The van der Waals surface area contributed by atoms with Gasteiger partial charge in [-0.1, -0.05) is 17.7 Å². The second-order valence-electron chi connectivity index (χ2n) is 5.24. The third-order valence-corrected chi connectivity index (χ3v) is 3.72. The van der Waals surface area contributed by atoms with Gasteiger partial charge in [-0.15, -0.1) is 5.10 Å². The van der Waals surface area contributed by atoms with E-state index in [0.29, 0.717) is 23.8 Å². The fourth-order valence-electron chi connectivity index (χ4n) is 2.26. The first-order chi connectivity index (χ1) is 11.6. The lowest BCUT2D eigenvalue weighted by Gasteiger charge is -2.03. The van der Waals surface area contributed by atoms with E-state index in [0.717, 1.165) is 11.3 Å². The number of halogens is 1. The van der Waals surface area contributed by atoms with Crippen LogP contribution >= 0.6 is 11.6 Å². The molecule has 0 spiro atoms. The zero-order valence-corrected chi connectivity index (χ0v) is 13.9. The highest BCUT2D eigenvalue weighted by atomic mass is 35.5. The molecule has 0 fully saturated rings. The number of amides is 1. The van der Waals surface area contributed by atoms with Crippen molar-refractivity contribution in [1.82, 2.24) is 25.1 Å². The lowest BCUT2D eigenvalue weighted by molar-refractivity contribution is 0.0944. The van der Waals surface area contributed by atoms with Gasteiger partial charge in [-0.05, 0) is 49.2 Å². The van der Waals surface area contributed by atoms with Crippen LogP contribution in [-0.2, 0) is 6.42 Å². The number of aromatic nitrogens is 4. The molecule has 0 aliphatic heterocycles. The van der Waals surface area contributed by atoms with Crippen LogP contribution in [0.3, 0.4) is 0 Å². The summed E-state index contributed by atoms with van der Waals surface area (Å²) in [5, 5.41) is 7.74. The molecule has 122 valence electrons. The van der Waals surface area contributed by atoms with Crippen molar-refractivity contribution >= 4 is 17.5 Å². The molecule has 0 aliphatic carbocycles. The number of nitrogens with one attached hydrogen (secondary N) is 1. The van der Waals surface area contributed by atoms with Crippen molar-refractivity contribution < 1.29 is 4.79 Å². The van der Waals surface area contributed by atoms with Gasteiger partial charge < -0.3 is 5.32 Å². The summed E-state index contributed by atoms with van der Waals surface area (Å²) in [6.07, 6.45) is 4.21. The number of rotatable bonds is 5. The molecule has 24 heavy (non-hydrogen) atoms. The van der Waals surface area contributed by atoms with E-state index in [1.807, 2.05) is 24.3 Å². The number of nitrogens with zero attached hydrogens (tertiary/aromatic N) is 4. The van der Waals surface area contributed by atoms with Crippen LogP contribution in [0.1, 0.15) is 22.0 Å². The standard InChI is InChI=1S/C17H16ClN5O/c1-12-21-16(22-23(12)15-6-4-14(18)5-7-15)17(24)20-10-8-13-3-2-9-19-11-13/h2-7,9,11H,8,10H2,1H3,(H,20,24). The van der Waals surface area contributed by atoms with Crippen LogP contribution in [0.4, 0.5) is 0 Å². The topological polar surface area (TPSA) is 72.7 Å². The molecule has 0 radical (unpaired) electrons. The number of benzene rings is 1. The minimum Gasteiger partial charge on any atom is -0.349 e. The van der Waals surface area contributed by atoms with E-state index in [1.54, 1.807) is 36.1 Å². The number of aryl methyl sites for hydroxylation is 1. The molecule has 0 saturated carbocycles. The van der Waals surface area contributed by atoms with Crippen LogP contribution in [0, 0.1) is 6.92 Å². The molecule has 1 amide bonds. The second kappa shape index (κ2) is 7.23. The van der Waals surface area contributed by atoms with Gasteiger partial charge in [0.2, 0.25) is 5.82 Å². The summed E-state index contributed by atoms with van der Waals surface area (Å²) in [6, 6.07) is 11.0. The van der Waals surface area contributed by atoms with Gasteiger partial charge in [0.1, 0.15) is 5.82 Å². The molecular weight excluding hydrogens is 326 g/mol. The Morgan fingerprint density at radius 2 is 2.04 bits per heavy atom. The molecule has 0 unspecified atom stereocenters. The highest BCUT2D eigenvalue weighted by Crippen LogP contribution is 2.14. The van der Waals surface area contributed by atoms with Crippen molar-refractivity contribution in [2.45, 2.75) is 13.3 Å². The highest BCUT2D eigenvalue weighted by molar-refractivity contribution is 6.30. The van der Waals surface area contributed by atoms with Gasteiger partial charge >= 0.3 is 0 Å². The van der Waals surface area contributed by atoms with Crippen molar-refractivity contribution in [3.63, 3.8) is 0 Å². The summed E-state index contributed by atoms with van der Waals surface area (Å²) in [6.45, 7) is 2.30. The normalized spacial score (nSPS) is 10.6. The van der Waals surface area contributed by atoms with Crippen molar-refractivity contribution in [2.24, 2.45) is 0 Å². The molecule has 3 rings (SSSR count). The van der Waals surface area contributed by atoms with Gasteiger partial charge in [-0.25, -0.2) is 9.67 Å². The van der Waals surface area contributed by atoms with Crippen LogP contribution in [0.2, 0.25) is 5.02 Å². The molecule has 2 heterocycles. The fraction of sp³-hybridized carbons (Fsp3) is 0.176. The fourth-order valence-corrected chi connectivity index (χ4v) is 2.38. The zero-order valence-electron chi connectivity index (χ0n) is 13.1. The van der Waals surface area contributed by atoms with Gasteiger partial charge in [0.05, 0.1) is 5.69 Å². The molecule has 3 aromatic rings.